The third kappa shape index (κ3) is 2.49. The van der Waals surface area contributed by atoms with Crippen molar-refractivity contribution >= 4 is 39.2 Å². The fraction of sp³-hybridized carbons (Fsp3) is 0.417. The van der Waals surface area contributed by atoms with Gasteiger partial charge in [-0.1, -0.05) is 0 Å². The molecule has 1 saturated heterocycles. The molecule has 1 fully saturated rings. The summed E-state index contributed by atoms with van der Waals surface area (Å²) in [4.78, 5) is 1.98. The molecule has 1 aromatic carbocycles. The molecule has 0 saturated carbocycles. The molecule has 18 heavy (non-hydrogen) atoms. The van der Waals surface area contributed by atoms with E-state index in [0.29, 0.717) is 17.3 Å². The van der Waals surface area contributed by atoms with Gasteiger partial charge in [-0.05, 0) is 40.2 Å². The molecule has 1 aliphatic rings. The van der Waals surface area contributed by atoms with Crippen LogP contribution in [0.4, 0.5) is 10.1 Å². The molecule has 3 nitrogen and oxygen atoms in total. The molecule has 0 aliphatic carbocycles. The zero-order valence-electron chi connectivity index (χ0n) is 10.0. The molecule has 3 N–H and O–H groups in total. The number of nitrogen functional groups attached to an aromatic ring is 1. The molecule has 1 heterocycles. The molecule has 98 valence electrons. The predicted octanol–water partition coefficient (Wildman–Crippen LogP) is 2.81. The molecule has 0 amide bonds. The van der Waals surface area contributed by atoms with Gasteiger partial charge in [-0.15, -0.1) is 0 Å². The molecule has 0 bridgehead atoms. The number of hydrogen-bond donors (Lipinski definition) is 2. The molecule has 0 aromatic heterocycles. The number of amidine groups is 1. The Labute approximate surface area is 119 Å². The average Bonchev–Trinajstić information content (AvgIpc) is 2.85. The lowest BCUT2D eigenvalue weighted by Gasteiger charge is -2.27. The van der Waals surface area contributed by atoms with Crippen molar-refractivity contribution in [2.24, 2.45) is 5.73 Å². The first-order chi connectivity index (χ1) is 8.52. The number of rotatable bonds is 3. The summed E-state index contributed by atoms with van der Waals surface area (Å²) in [5, 5.41) is 7.38. The van der Waals surface area contributed by atoms with E-state index < -0.39 is 0 Å². The van der Waals surface area contributed by atoms with Crippen molar-refractivity contribution in [2.75, 3.05) is 23.5 Å². The quantitative estimate of drug-likeness (QED) is 0.661. The van der Waals surface area contributed by atoms with Crippen molar-refractivity contribution < 1.29 is 4.39 Å². The number of nitrogens with two attached hydrogens (primary N) is 1. The minimum atomic E-state index is -0.345. The van der Waals surface area contributed by atoms with Crippen LogP contribution >= 0.6 is 27.7 Å². The van der Waals surface area contributed by atoms with E-state index in [1.165, 1.54) is 0 Å². The molecule has 6 heteroatoms. The average molecular weight is 332 g/mol. The van der Waals surface area contributed by atoms with Crippen LogP contribution in [0.3, 0.4) is 0 Å². The van der Waals surface area contributed by atoms with Crippen LogP contribution in [-0.4, -0.2) is 30.4 Å². The number of benzene rings is 1. The van der Waals surface area contributed by atoms with Crippen LogP contribution in [0, 0.1) is 11.2 Å². The monoisotopic (exact) mass is 331 g/mol. The fourth-order valence-electron chi connectivity index (χ4n) is 2.04. The number of hydrogen-bond acceptors (Lipinski definition) is 3. The summed E-state index contributed by atoms with van der Waals surface area (Å²) < 4.78 is 14.5. The van der Waals surface area contributed by atoms with Gasteiger partial charge in [-0.25, -0.2) is 4.39 Å². The first-order valence-electron chi connectivity index (χ1n) is 5.65. The SMILES string of the molecule is CN(c1ccc(C(=N)N)c(Br)c1F)C1CCSC1. The van der Waals surface area contributed by atoms with Gasteiger partial charge < -0.3 is 10.6 Å². The first-order valence-corrected chi connectivity index (χ1v) is 7.60. The van der Waals surface area contributed by atoms with Gasteiger partial charge in [0.25, 0.3) is 0 Å². The van der Waals surface area contributed by atoms with Crippen molar-refractivity contribution in [2.45, 2.75) is 12.5 Å². The third-order valence-corrected chi connectivity index (χ3v) is 5.11. The van der Waals surface area contributed by atoms with Crippen molar-refractivity contribution in [3.63, 3.8) is 0 Å². The van der Waals surface area contributed by atoms with Gasteiger partial charge in [0.1, 0.15) is 5.84 Å². The van der Waals surface area contributed by atoms with Gasteiger partial charge >= 0.3 is 0 Å². The van der Waals surface area contributed by atoms with E-state index in [1.807, 2.05) is 23.7 Å². The van der Waals surface area contributed by atoms with Gasteiger partial charge in [0.05, 0.1) is 10.2 Å². The summed E-state index contributed by atoms with van der Waals surface area (Å²) in [5.74, 6) is 1.68. The second-order valence-electron chi connectivity index (χ2n) is 4.30. The van der Waals surface area contributed by atoms with Crippen molar-refractivity contribution in [3.05, 3.63) is 28.0 Å². The Morgan fingerprint density at radius 2 is 2.33 bits per heavy atom. The van der Waals surface area contributed by atoms with Gasteiger partial charge in [0.2, 0.25) is 0 Å². The van der Waals surface area contributed by atoms with Gasteiger partial charge in [0, 0.05) is 24.4 Å². The van der Waals surface area contributed by atoms with E-state index in [4.69, 9.17) is 11.1 Å². The Morgan fingerprint density at radius 1 is 1.61 bits per heavy atom. The highest BCUT2D eigenvalue weighted by molar-refractivity contribution is 9.10. The number of nitrogens with one attached hydrogen (secondary N) is 1. The lowest BCUT2D eigenvalue weighted by Crippen LogP contribution is -2.32. The Balaban J connectivity index is 2.34. The van der Waals surface area contributed by atoms with Crippen LogP contribution in [0.25, 0.3) is 0 Å². The Kier molecular flexibility index (Phi) is 4.17. The molecule has 2 rings (SSSR count). The maximum atomic E-state index is 14.3. The maximum absolute atomic E-state index is 14.3. The van der Waals surface area contributed by atoms with Crippen molar-refractivity contribution in [1.29, 1.82) is 5.41 Å². The van der Waals surface area contributed by atoms with Crippen molar-refractivity contribution in [1.82, 2.24) is 0 Å². The van der Waals surface area contributed by atoms with Crippen LogP contribution in [0.2, 0.25) is 0 Å². The minimum Gasteiger partial charge on any atom is -0.384 e. The van der Waals surface area contributed by atoms with Crippen LogP contribution in [0.1, 0.15) is 12.0 Å². The first kappa shape index (κ1) is 13.7. The number of thioether (sulfide) groups is 1. The molecule has 0 radical (unpaired) electrons. The Bertz CT molecular complexity index is 475. The van der Waals surface area contributed by atoms with Crippen LogP contribution in [0.15, 0.2) is 16.6 Å². The predicted molar refractivity (Wildman–Crippen MR) is 79.2 cm³/mol. The summed E-state index contributed by atoms with van der Waals surface area (Å²) in [6, 6.07) is 3.75. The van der Waals surface area contributed by atoms with Crippen LogP contribution in [-0.2, 0) is 0 Å². The molecule has 1 unspecified atom stereocenters. The van der Waals surface area contributed by atoms with E-state index >= 15 is 0 Å². The highest BCUT2D eigenvalue weighted by atomic mass is 79.9. The largest absolute Gasteiger partial charge is 0.384 e. The van der Waals surface area contributed by atoms with E-state index in [2.05, 4.69) is 15.9 Å². The molecule has 1 atom stereocenters. The lowest BCUT2D eigenvalue weighted by atomic mass is 10.1. The third-order valence-electron chi connectivity index (χ3n) is 3.19. The summed E-state index contributed by atoms with van der Waals surface area (Å²) in [6.45, 7) is 0. The summed E-state index contributed by atoms with van der Waals surface area (Å²) in [7, 11) is 1.91. The number of anilines is 1. The topological polar surface area (TPSA) is 53.1 Å². The molecule has 1 aliphatic heterocycles. The van der Waals surface area contributed by atoms with Crippen LogP contribution in [0.5, 0.6) is 0 Å². The van der Waals surface area contributed by atoms with Crippen molar-refractivity contribution in [3.8, 4) is 0 Å². The van der Waals surface area contributed by atoms with Gasteiger partial charge in [0.15, 0.2) is 5.82 Å². The summed E-state index contributed by atoms with van der Waals surface area (Å²) >= 11 is 5.07. The van der Waals surface area contributed by atoms with Crippen LogP contribution < -0.4 is 10.6 Å². The molecular weight excluding hydrogens is 317 g/mol. The smallest absolute Gasteiger partial charge is 0.161 e. The van der Waals surface area contributed by atoms with E-state index in [1.54, 1.807) is 12.1 Å². The summed E-state index contributed by atoms with van der Waals surface area (Å²) in [6.07, 6.45) is 1.08. The minimum absolute atomic E-state index is 0.133. The zero-order chi connectivity index (χ0) is 13.3. The Hall–Kier alpha value is -0.750. The lowest BCUT2D eigenvalue weighted by molar-refractivity contribution is 0.601. The second-order valence-corrected chi connectivity index (χ2v) is 6.25. The molecule has 0 spiro atoms. The molecular formula is C12H15BrFN3S. The van der Waals surface area contributed by atoms with E-state index in [9.17, 15) is 4.39 Å². The number of halogens is 2. The standard InChI is InChI=1S/C12H15BrFN3S/c1-17(7-4-5-18-6-7)9-3-2-8(12(15)16)10(13)11(9)14/h2-3,7H,4-6H2,1H3,(H3,15,16). The van der Waals surface area contributed by atoms with Gasteiger partial charge in [-0.3, -0.25) is 5.41 Å². The number of nitrogens with zero attached hydrogens (tertiary/aromatic N) is 1. The molecule has 1 aromatic rings. The van der Waals surface area contributed by atoms with E-state index in [0.717, 1.165) is 17.9 Å². The summed E-state index contributed by atoms with van der Waals surface area (Å²) in [5.41, 5.74) is 6.35. The fourth-order valence-corrected chi connectivity index (χ4v) is 3.86. The normalized spacial score (nSPS) is 18.9. The van der Waals surface area contributed by atoms with Gasteiger partial charge in [-0.2, -0.15) is 11.8 Å². The highest BCUT2D eigenvalue weighted by Gasteiger charge is 2.24. The highest BCUT2D eigenvalue weighted by Crippen LogP contribution is 2.32. The van der Waals surface area contributed by atoms with E-state index in [-0.39, 0.29) is 16.1 Å². The maximum Gasteiger partial charge on any atom is 0.161 e. The second kappa shape index (κ2) is 5.48. The zero-order valence-corrected chi connectivity index (χ0v) is 12.4. The Morgan fingerprint density at radius 3 is 2.89 bits per heavy atom.